The second-order valence-corrected chi connectivity index (χ2v) is 4.44. The monoisotopic (exact) mass is 225 g/mol. The van der Waals surface area contributed by atoms with Crippen molar-refractivity contribution >= 4 is 0 Å². The minimum absolute atomic E-state index is 0.358. The van der Waals surface area contributed by atoms with Gasteiger partial charge >= 0.3 is 0 Å². The Balaban J connectivity index is 2.05. The Bertz CT molecular complexity index is 332. The molecule has 0 aromatic carbocycles. The third-order valence-corrected chi connectivity index (χ3v) is 3.00. The summed E-state index contributed by atoms with van der Waals surface area (Å²) < 4.78 is 10.9. The summed E-state index contributed by atoms with van der Waals surface area (Å²) >= 11 is 0. The average molecular weight is 225 g/mol. The zero-order valence-electron chi connectivity index (χ0n) is 9.74. The van der Waals surface area contributed by atoms with Crippen LogP contribution in [0.2, 0.25) is 0 Å². The first-order valence-corrected chi connectivity index (χ1v) is 5.92. The third-order valence-electron chi connectivity index (χ3n) is 3.00. The van der Waals surface area contributed by atoms with Crippen LogP contribution in [0.4, 0.5) is 0 Å². The maximum absolute atomic E-state index is 5.76. The van der Waals surface area contributed by atoms with Gasteiger partial charge in [0.05, 0.1) is 0 Å². The van der Waals surface area contributed by atoms with Gasteiger partial charge < -0.3 is 15.0 Å². The van der Waals surface area contributed by atoms with Crippen LogP contribution < -0.4 is 5.73 Å². The van der Waals surface area contributed by atoms with Crippen molar-refractivity contribution in [3.8, 4) is 0 Å². The fourth-order valence-electron chi connectivity index (χ4n) is 1.93. The maximum atomic E-state index is 5.76. The van der Waals surface area contributed by atoms with E-state index in [1.165, 1.54) is 0 Å². The van der Waals surface area contributed by atoms with E-state index in [9.17, 15) is 0 Å². The number of aromatic nitrogens is 2. The van der Waals surface area contributed by atoms with E-state index in [2.05, 4.69) is 10.1 Å². The molecule has 0 bridgehead atoms. The fraction of sp³-hybridized carbons (Fsp3) is 0.818. The Hall–Kier alpha value is -0.940. The third kappa shape index (κ3) is 2.41. The molecule has 90 valence electrons. The molecule has 0 radical (unpaired) electrons. The number of hydrogen-bond donors (Lipinski definition) is 1. The van der Waals surface area contributed by atoms with Crippen LogP contribution in [-0.2, 0) is 16.8 Å². The highest BCUT2D eigenvalue weighted by Crippen LogP contribution is 2.32. The Morgan fingerprint density at radius 2 is 2.31 bits per heavy atom. The lowest BCUT2D eigenvalue weighted by Crippen LogP contribution is -2.31. The Morgan fingerprint density at radius 3 is 3.00 bits per heavy atom. The summed E-state index contributed by atoms with van der Waals surface area (Å²) in [6.45, 7) is 3.46. The van der Waals surface area contributed by atoms with E-state index in [1.54, 1.807) is 0 Å². The molecule has 1 aliphatic rings. The molecule has 0 spiro atoms. The molecule has 0 aliphatic carbocycles. The molecule has 1 atom stereocenters. The van der Waals surface area contributed by atoms with Gasteiger partial charge in [0, 0.05) is 13.0 Å². The summed E-state index contributed by atoms with van der Waals surface area (Å²) in [5.41, 5.74) is 5.08. The van der Waals surface area contributed by atoms with Gasteiger partial charge in [-0.3, -0.25) is 0 Å². The number of aryl methyl sites for hydroxylation is 1. The van der Waals surface area contributed by atoms with Gasteiger partial charge in [-0.2, -0.15) is 4.98 Å². The van der Waals surface area contributed by atoms with Crippen LogP contribution in [0, 0.1) is 0 Å². The largest absolute Gasteiger partial charge is 0.367 e. The van der Waals surface area contributed by atoms with Gasteiger partial charge in [0.2, 0.25) is 11.7 Å². The standard InChI is InChI=1S/C11H19N3O2/c1-11(6-2-3-8-15-11)10-13-9(16-14-10)5-4-7-12/h2-8,12H2,1H3. The highest BCUT2D eigenvalue weighted by Gasteiger charge is 2.34. The van der Waals surface area contributed by atoms with Crippen LogP contribution in [0.3, 0.4) is 0 Å². The van der Waals surface area contributed by atoms with Crippen LogP contribution >= 0.6 is 0 Å². The van der Waals surface area contributed by atoms with E-state index in [0.717, 1.165) is 38.7 Å². The molecular formula is C11H19N3O2. The first kappa shape index (κ1) is 11.5. The van der Waals surface area contributed by atoms with Crippen LogP contribution in [0.15, 0.2) is 4.52 Å². The van der Waals surface area contributed by atoms with Gasteiger partial charge in [0.25, 0.3) is 0 Å². The topological polar surface area (TPSA) is 74.2 Å². The number of hydrogen-bond acceptors (Lipinski definition) is 5. The van der Waals surface area contributed by atoms with E-state index in [1.807, 2.05) is 6.92 Å². The van der Waals surface area contributed by atoms with E-state index in [4.69, 9.17) is 15.0 Å². The molecule has 2 rings (SSSR count). The maximum Gasteiger partial charge on any atom is 0.226 e. The molecule has 16 heavy (non-hydrogen) atoms. The zero-order chi connectivity index (χ0) is 11.4. The number of nitrogens with two attached hydrogens (primary N) is 1. The van der Waals surface area contributed by atoms with Crippen LogP contribution in [0.1, 0.15) is 44.3 Å². The molecule has 1 unspecified atom stereocenters. The summed E-state index contributed by atoms with van der Waals surface area (Å²) in [4.78, 5) is 4.38. The lowest BCUT2D eigenvalue weighted by Gasteiger charge is -2.30. The van der Waals surface area contributed by atoms with E-state index in [-0.39, 0.29) is 5.60 Å². The number of ether oxygens (including phenoxy) is 1. The Kier molecular flexibility index (Phi) is 3.56. The van der Waals surface area contributed by atoms with Gasteiger partial charge in [-0.25, -0.2) is 0 Å². The summed E-state index contributed by atoms with van der Waals surface area (Å²) in [6, 6.07) is 0. The molecular weight excluding hydrogens is 206 g/mol. The molecule has 2 N–H and O–H groups in total. The SMILES string of the molecule is CC1(c2noc(CCCN)n2)CCCCO1. The summed E-state index contributed by atoms with van der Waals surface area (Å²) in [5, 5.41) is 4.01. The van der Waals surface area contributed by atoms with Crippen LogP contribution in [0.25, 0.3) is 0 Å². The minimum atomic E-state index is -0.358. The second-order valence-electron chi connectivity index (χ2n) is 4.44. The van der Waals surface area contributed by atoms with Crippen molar-refractivity contribution in [1.82, 2.24) is 10.1 Å². The molecule has 0 amide bonds. The van der Waals surface area contributed by atoms with Crippen molar-refractivity contribution in [2.24, 2.45) is 5.73 Å². The first-order valence-electron chi connectivity index (χ1n) is 5.92. The molecule has 1 aliphatic heterocycles. The summed E-state index contributed by atoms with van der Waals surface area (Å²) in [5.74, 6) is 1.34. The van der Waals surface area contributed by atoms with Gasteiger partial charge in [-0.05, 0) is 39.2 Å². The van der Waals surface area contributed by atoms with Crippen molar-refractivity contribution in [2.45, 2.75) is 44.6 Å². The predicted molar refractivity (Wildman–Crippen MR) is 58.8 cm³/mol. The summed E-state index contributed by atoms with van der Waals surface area (Å²) in [7, 11) is 0. The molecule has 1 saturated heterocycles. The van der Waals surface area contributed by atoms with Crippen molar-refractivity contribution in [3.63, 3.8) is 0 Å². The van der Waals surface area contributed by atoms with Gasteiger partial charge in [0.1, 0.15) is 5.60 Å². The highest BCUT2D eigenvalue weighted by molar-refractivity contribution is 5.00. The molecule has 5 nitrogen and oxygen atoms in total. The molecule has 2 heterocycles. The van der Waals surface area contributed by atoms with E-state index in [0.29, 0.717) is 18.3 Å². The van der Waals surface area contributed by atoms with E-state index >= 15 is 0 Å². The molecule has 1 aromatic heterocycles. The highest BCUT2D eigenvalue weighted by atomic mass is 16.5. The smallest absolute Gasteiger partial charge is 0.226 e. The van der Waals surface area contributed by atoms with Crippen molar-refractivity contribution in [2.75, 3.05) is 13.2 Å². The average Bonchev–Trinajstić information content (AvgIpc) is 2.77. The first-order chi connectivity index (χ1) is 7.74. The molecule has 5 heteroatoms. The molecule has 1 fully saturated rings. The Morgan fingerprint density at radius 1 is 1.44 bits per heavy atom. The Labute approximate surface area is 95.3 Å². The summed E-state index contributed by atoms with van der Waals surface area (Å²) in [6.07, 6.45) is 4.86. The minimum Gasteiger partial charge on any atom is -0.367 e. The molecule has 0 saturated carbocycles. The fourth-order valence-corrected chi connectivity index (χ4v) is 1.93. The zero-order valence-corrected chi connectivity index (χ0v) is 9.74. The van der Waals surface area contributed by atoms with E-state index < -0.39 is 0 Å². The van der Waals surface area contributed by atoms with Crippen molar-refractivity contribution in [3.05, 3.63) is 11.7 Å². The number of nitrogens with zero attached hydrogens (tertiary/aromatic N) is 2. The normalized spacial score (nSPS) is 25.9. The van der Waals surface area contributed by atoms with Crippen LogP contribution in [-0.4, -0.2) is 23.3 Å². The van der Waals surface area contributed by atoms with Crippen LogP contribution in [0.5, 0.6) is 0 Å². The van der Waals surface area contributed by atoms with Gasteiger partial charge in [-0.1, -0.05) is 5.16 Å². The molecule has 1 aromatic rings. The van der Waals surface area contributed by atoms with Crippen molar-refractivity contribution < 1.29 is 9.26 Å². The second kappa shape index (κ2) is 4.93. The van der Waals surface area contributed by atoms with Crippen molar-refractivity contribution in [1.29, 1.82) is 0 Å². The lowest BCUT2D eigenvalue weighted by molar-refractivity contribution is -0.0770. The quantitative estimate of drug-likeness (QED) is 0.837. The lowest BCUT2D eigenvalue weighted by atomic mass is 9.95. The number of rotatable bonds is 4. The predicted octanol–water partition coefficient (Wildman–Crippen LogP) is 1.38. The van der Waals surface area contributed by atoms with Gasteiger partial charge in [-0.15, -0.1) is 0 Å². The van der Waals surface area contributed by atoms with Gasteiger partial charge in [0.15, 0.2) is 0 Å².